The van der Waals surface area contributed by atoms with E-state index in [1.165, 1.54) is 25.7 Å². The van der Waals surface area contributed by atoms with Gasteiger partial charge >= 0.3 is 0 Å². The summed E-state index contributed by atoms with van der Waals surface area (Å²) in [4.78, 5) is 13.5. The van der Waals surface area contributed by atoms with Crippen LogP contribution in [-0.4, -0.2) is 62.8 Å². The number of rotatable bonds is 6. The molecule has 3 rings (SSSR count). The molecule has 2 fully saturated rings. The van der Waals surface area contributed by atoms with Crippen LogP contribution in [0.15, 0.2) is 10.4 Å². The maximum Gasteiger partial charge on any atom is 0.193 e. The van der Waals surface area contributed by atoms with E-state index in [0.717, 1.165) is 61.8 Å². The number of likely N-dealkylation sites (tertiary alicyclic amines) is 1. The molecule has 0 atom stereocenters. The van der Waals surface area contributed by atoms with E-state index in [1.54, 1.807) is 11.3 Å². The first-order valence-electron chi connectivity index (χ1n) is 9.84. The van der Waals surface area contributed by atoms with Crippen LogP contribution in [-0.2, 0) is 11.3 Å². The maximum absolute atomic E-state index is 6.18. The van der Waals surface area contributed by atoms with Crippen molar-refractivity contribution in [1.82, 2.24) is 15.2 Å². The van der Waals surface area contributed by atoms with E-state index in [2.05, 4.69) is 25.6 Å². The van der Waals surface area contributed by atoms with Crippen LogP contribution in [0.3, 0.4) is 0 Å². The third-order valence-corrected chi connectivity index (χ3v) is 6.40. The van der Waals surface area contributed by atoms with Crippen molar-refractivity contribution < 1.29 is 4.74 Å². The van der Waals surface area contributed by atoms with E-state index >= 15 is 0 Å². The van der Waals surface area contributed by atoms with Crippen molar-refractivity contribution in [1.29, 1.82) is 0 Å². The molecule has 1 N–H and O–H groups in total. The second-order valence-corrected chi connectivity index (χ2v) is 8.42. The topological polar surface area (TPSA) is 53.0 Å². The zero-order valence-electron chi connectivity index (χ0n) is 16.8. The molecule has 0 radical (unpaired) electrons. The number of hydrogen-bond donors (Lipinski definition) is 1. The van der Waals surface area contributed by atoms with Crippen LogP contribution < -0.4 is 10.2 Å². The Morgan fingerprint density at radius 1 is 1.30 bits per heavy atom. The lowest BCUT2D eigenvalue weighted by atomic mass is 10.1. The molecule has 1 saturated heterocycles. The van der Waals surface area contributed by atoms with E-state index in [0.29, 0.717) is 6.10 Å². The van der Waals surface area contributed by atoms with Gasteiger partial charge in [-0.1, -0.05) is 12.8 Å². The highest BCUT2D eigenvalue weighted by molar-refractivity contribution is 14.0. The number of halogens is 1. The van der Waals surface area contributed by atoms with Gasteiger partial charge in [-0.15, -0.1) is 35.3 Å². The summed E-state index contributed by atoms with van der Waals surface area (Å²) in [5, 5.41) is 6.61. The highest BCUT2D eigenvalue weighted by atomic mass is 127. The molecular formula is C19H34IN5OS. The summed E-state index contributed by atoms with van der Waals surface area (Å²) in [6.45, 7) is 3.70. The number of thiazole rings is 1. The average Bonchev–Trinajstić information content (AvgIpc) is 3.33. The number of nitrogens with one attached hydrogen (secondary N) is 1. The molecule has 0 amide bonds. The van der Waals surface area contributed by atoms with Gasteiger partial charge in [0.1, 0.15) is 0 Å². The van der Waals surface area contributed by atoms with Gasteiger partial charge in [0.15, 0.2) is 11.1 Å². The standard InChI is InChI=1S/C19H33N5OS.HI/c1-20-18(21-12-16-14-26-19(22-16)23(2)3)24-10-8-17(9-11-24)25-13-15-6-4-5-7-15;/h14-15,17H,4-13H2,1-3H3,(H,20,21);1H. The minimum absolute atomic E-state index is 0. The van der Waals surface area contributed by atoms with Gasteiger partial charge < -0.3 is 19.9 Å². The van der Waals surface area contributed by atoms with Gasteiger partial charge in [-0.25, -0.2) is 4.98 Å². The smallest absolute Gasteiger partial charge is 0.193 e. The zero-order chi connectivity index (χ0) is 18.4. The largest absolute Gasteiger partial charge is 0.378 e. The Morgan fingerprint density at radius 3 is 2.59 bits per heavy atom. The van der Waals surface area contributed by atoms with Crippen LogP contribution in [0.5, 0.6) is 0 Å². The van der Waals surface area contributed by atoms with Crippen molar-refractivity contribution >= 4 is 46.4 Å². The summed E-state index contributed by atoms with van der Waals surface area (Å²) in [5.41, 5.74) is 1.06. The SMILES string of the molecule is CN=C(NCc1csc(N(C)C)n1)N1CCC(OCC2CCCC2)CC1.I. The van der Waals surface area contributed by atoms with Gasteiger partial charge in [-0.05, 0) is 31.6 Å². The minimum atomic E-state index is 0. The first kappa shape index (κ1) is 22.7. The van der Waals surface area contributed by atoms with Gasteiger partial charge in [-0.2, -0.15) is 0 Å². The van der Waals surface area contributed by atoms with Crippen LogP contribution in [0.2, 0.25) is 0 Å². The van der Waals surface area contributed by atoms with Crippen LogP contribution >= 0.6 is 35.3 Å². The van der Waals surface area contributed by atoms with Crippen molar-refractivity contribution in [3.63, 3.8) is 0 Å². The van der Waals surface area contributed by atoms with Gasteiger partial charge in [0.05, 0.1) is 18.3 Å². The molecule has 0 spiro atoms. The van der Waals surface area contributed by atoms with E-state index in [1.807, 2.05) is 26.0 Å². The third kappa shape index (κ3) is 6.74. The number of aliphatic imine (C=N–C) groups is 1. The van der Waals surface area contributed by atoms with Crippen LogP contribution in [0.1, 0.15) is 44.2 Å². The highest BCUT2D eigenvalue weighted by Gasteiger charge is 2.24. The predicted molar refractivity (Wildman–Crippen MR) is 125 cm³/mol. The summed E-state index contributed by atoms with van der Waals surface area (Å²) in [5.74, 6) is 1.78. The lowest BCUT2D eigenvalue weighted by Crippen LogP contribution is -2.46. The molecule has 154 valence electrons. The molecule has 0 aromatic carbocycles. The fourth-order valence-corrected chi connectivity index (χ4v) is 4.53. The van der Waals surface area contributed by atoms with Crippen LogP contribution in [0.25, 0.3) is 0 Å². The van der Waals surface area contributed by atoms with E-state index in [4.69, 9.17) is 4.74 Å². The molecule has 8 heteroatoms. The predicted octanol–water partition coefficient (Wildman–Crippen LogP) is 3.57. The molecule has 6 nitrogen and oxygen atoms in total. The molecule has 0 unspecified atom stereocenters. The molecule has 1 aliphatic carbocycles. The average molecular weight is 507 g/mol. The highest BCUT2D eigenvalue weighted by Crippen LogP contribution is 2.26. The number of piperidine rings is 1. The fourth-order valence-electron chi connectivity index (χ4n) is 3.77. The van der Waals surface area contributed by atoms with Gasteiger partial charge in [0.2, 0.25) is 0 Å². The summed E-state index contributed by atoms with van der Waals surface area (Å²) in [6.07, 6.45) is 8.12. The Labute approximate surface area is 184 Å². The quantitative estimate of drug-likeness (QED) is 0.363. The molecule has 2 heterocycles. The van der Waals surface area contributed by atoms with Crippen LogP contribution in [0, 0.1) is 5.92 Å². The lowest BCUT2D eigenvalue weighted by Gasteiger charge is -2.34. The Hall–Kier alpha value is -0.610. The summed E-state index contributed by atoms with van der Waals surface area (Å²) >= 11 is 1.67. The Balaban J connectivity index is 0.00000261. The fraction of sp³-hybridized carbons (Fsp3) is 0.789. The van der Waals surface area contributed by atoms with Gasteiger partial charge in [0, 0.05) is 46.2 Å². The molecule has 1 saturated carbocycles. The number of hydrogen-bond acceptors (Lipinski definition) is 5. The normalized spacial score (nSPS) is 19.2. The monoisotopic (exact) mass is 507 g/mol. The van der Waals surface area contributed by atoms with Gasteiger partial charge in [-0.3, -0.25) is 4.99 Å². The molecule has 1 aromatic rings. The Bertz CT molecular complexity index is 580. The number of guanidine groups is 1. The first-order chi connectivity index (χ1) is 12.7. The van der Waals surface area contributed by atoms with Crippen molar-refractivity contribution in [2.24, 2.45) is 10.9 Å². The Morgan fingerprint density at radius 2 is 2.00 bits per heavy atom. The van der Waals surface area contributed by atoms with E-state index < -0.39 is 0 Å². The van der Waals surface area contributed by atoms with Crippen molar-refractivity contribution in [2.75, 3.05) is 45.7 Å². The molecule has 1 aliphatic heterocycles. The number of aromatic nitrogens is 1. The maximum atomic E-state index is 6.18. The van der Waals surface area contributed by atoms with Crippen molar-refractivity contribution in [2.45, 2.75) is 51.2 Å². The molecular weight excluding hydrogens is 473 g/mol. The van der Waals surface area contributed by atoms with Crippen molar-refractivity contribution in [3.8, 4) is 0 Å². The number of nitrogens with zero attached hydrogens (tertiary/aromatic N) is 4. The minimum Gasteiger partial charge on any atom is -0.378 e. The Kier molecular flexibility index (Phi) is 9.58. The van der Waals surface area contributed by atoms with Crippen LogP contribution in [0.4, 0.5) is 5.13 Å². The first-order valence-corrected chi connectivity index (χ1v) is 10.7. The second kappa shape index (κ2) is 11.4. The number of anilines is 1. The summed E-state index contributed by atoms with van der Waals surface area (Å²) in [6, 6.07) is 0. The molecule has 0 bridgehead atoms. The molecule has 1 aromatic heterocycles. The molecule has 27 heavy (non-hydrogen) atoms. The van der Waals surface area contributed by atoms with Crippen molar-refractivity contribution in [3.05, 3.63) is 11.1 Å². The molecule has 2 aliphatic rings. The lowest BCUT2D eigenvalue weighted by molar-refractivity contribution is 0.00101. The van der Waals surface area contributed by atoms with E-state index in [9.17, 15) is 0 Å². The van der Waals surface area contributed by atoms with Gasteiger partial charge in [0.25, 0.3) is 0 Å². The zero-order valence-corrected chi connectivity index (χ0v) is 20.0. The summed E-state index contributed by atoms with van der Waals surface area (Å²) in [7, 11) is 5.90. The third-order valence-electron chi connectivity index (χ3n) is 5.35. The second-order valence-electron chi connectivity index (χ2n) is 7.59. The van der Waals surface area contributed by atoms with E-state index in [-0.39, 0.29) is 24.0 Å². The number of ether oxygens (including phenoxy) is 1. The summed E-state index contributed by atoms with van der Waals surface area (Å²) < 4.78 is 6.18.